The van der Waals surface area contributed by atoms with E-state index in [0.717, 1.165) is 29.6 Å². The molecular formula is C21H29N3O4. The standard InChI is InChI=1S/C21H29N3O4/c1-4-15-11-17-16(12-20(26)28-19(17)13-18(15)25)14-22-7-9-24(10-8-22)21(27)23(5-2)6-3/h11-13,25H,4-10,14H2,1-3H3. The maximum Gasteiger partial charge on any atom is 0.336 e. The van der Waals surface area contributed by atoms with Gasteiger partial charge in [-0.05, 0) is 37.5 Å². The highest BCUT2D eigenvalue weighted by molar-refractivity contribution is 5.82. The highest BCUT2D eigenvalue weighted by Gasteiger charge is 2.24. The number of rotatable bonds is 5. The van der Waals surface area contributed by atoms with Crippen LogP contribution >= 0.6 is 0 Å². The fraction of sp³-hybridized carbons (Fsp3) is 0.524. The van der Waals surface area contributed by atoms with Crippen LogP contribution in [0, 0.1) is 0 Å². The molecule has 2 amide bonds. The number of carbonyl (C=O) groups excluding carboxylic acids is 1. The van der Waals surface area contributed by atoms with Gasteiger partial charge in [-0.1, -0.05) is 6.92 Å². The van der Waals surface area contributed by atoms with Crippen molar-refractivity contribution in [3.63, 3.8) is 0 Å². The zero-order chi connectivity index (χ0) is 20.3. The van der Waals surface area contributed by atoms with Crippen LogP contribution in [0.2, 0.25) is 0 Å². The number of phenolic OH excluding ortho intramolecular Hbond substituents is 1. The fourth-order valence-corrected chi connectivity index (χ4v) is 3.75. The van der Waals surface area contributed by atoms with Crippen molar-refractivity contribution in [2.45, 2.75) is 33.7 Å². The Morgan fingerprint density at radius 2 is 1.75 bits per heavy atom. The van der Waals surface area contributed by atoms with Crippen LogP contribution in [0.5, 0.6) is 5.75 Å². The highest BCUT2D eigenvalue weighted by atomic mass is 16.4. The summed E-state index contributed by atoms with van der Waals surface area (Å²) in [6, 6.07) is 5.06. The van der Waals surface area contributed by atoms with E-state index in [0.29, 0.717) is 44.7 Å². The van der Waals surface area contributed by atoms with Gasteiger partial charge in [-0.15, -0.1) is 0 Å². The van der Waals surface area contributed by atoms with Crippen molar-refractivity contribution in [2.75, 3.05) is 39.3 Å². The molecule has 0 atom stereocenters. The number of hydrogen-bond donors (Lipinski definition) is 1. The molecule has 0 unspecified atom stereocenters. The van der Waals surface area contributed by atoms with Crippen LogP contribution in [0.25, 0.3) is 11.0 Å². The topological polar surface area (TPSA) is 77.2 Å². The maximum absolute atomic E-state index is 12.5. The fourth-order valence-electron chi connectivity index (χ4n) is 3.75. The molecule has 0 saturated carbocycles. The Morgan fingerprint density at radius 1 is 1.07 bits per heavy atom. The van der Waals surface area contributed by atoms with Crippen LogP contribution in [0.3, 0.4) is 0 Å². The molecule has 28 heavy (non-hydrogen) atoms. The van der Waals surface area contributed by atoms with E-state index in [1.807, 2.05) is 36.6 Å². The Morgan fingerprint density at radius 3 is 2.36 bits per heavy atom. The van der Waals surface area contributed by atoms with Gasteiger partial charge < -0.3 is 19.3 Å². The Bertz CT molecular complexity index is 896. The first-order valence-electron chi connectivity index (χ1n) is 10.0. The van der Waals surface area contributed by atoms with Crippen molar-refractivity contribution in [1.82, 2.24) is 14.7 Å². The molecule has 0 radical (unpaired) electrons. The summed E-state index contributed by atoms with van der Waals surface area (Å²) >= 11 is 0. The monoisotopic (exact) mass is 387 g/mol. The predicted octanol–water partition coefficient (Wildman–Crippen LogP) is 2.64. The molecule has 2 heterocycles. The van der Waals surface area contributed by atoms with Crippen molar-refractivity contribution in [3.05, 3.63) is 39.7 Å². The summed E-state index contributed by atoms with van der Waals surface area (Å²) < 4.78 is 5.28. The largest absolute Gasteiger partial charge is 0.508 e. The van der Waals surface area contributed by atoms with Crippen molar-refractivity contribution in [3.8, 4) is 5.75 Å². The van der Waals surface area contributed by atoms with Crippen LogP contribution < -0.4 is 5.63 Å². The highest BCUT2D eigenvalue weighted by Crippen LogP contribution is 2.27. The van der Waals surface area contributed by atoms with E-state index >= 15 is 0 Å². The number of nitrogens with zero attached hydrogens (tertiary/aromatic N) is 3. The van der Waals surface area contributed by atoms with Crippen LogP contribution in [0.4, 0.5) is 4.79 Å². The van der Waals surface area contributed by atoms with E-state index in [9.17, 15) is 14.7 Å². The molecule has 1 N–H and O–H groups in total. The molecule has 7 nitrogen and oxygen atoms in total. The van der Waals surface area contributed by atoms with Crippen LogP contribution in [0.1, 0.15) is 31.9 Å². The summed E-state index contributed by atoms with van der Waals surface area (Å²) in [6.45, 7) is 10.9. The molecule has 0 spiro atoms. The van der Waals surface area contributed by atoms with Gasteiger partial charge in [0.25, 0.3) is 0 Å². The van der Waals surface area contributed by atoms with Crippen molar-refractivity contribution >= 4 is 17.0 Å². The first kappa shape index (κ1) is 20.2. The molecule has 152 valence electrons. The summed E-state index contributed by atoms with van der Waals surface area (Å²) in [5, 5.41) is 10.9. The lowest BCUT2D eigenvalue weighted by Gasteiger charge is -2.37. The average molecular weight is 387 g/mol. The Labute approximate surface area is 165 Å². The minimum atomic E-state index is -0.415. The van der Waals surface area contributed by atoms with Crippen LogP contribution in [0.15, 0.2) is 27.4 Å². The summed E-state index contributed by atoms with van der Waals surface area (Å²) in [5.41, 5.74) is 1.72. The van der Waals surface area contributed by atoms with E-state index in [1.165, 1.54) is 12.1 Å². The third-order valence-corrected chi connectivity index (χ3v) is 5.48. The maximum atomic E-state index is 12.5. The number of benzene rings is 1. The minimum absolute atomic E-state index is 0.0959. The van der Waals surface area contributed by atoms with Gasteiger partial charge in [0.2, 0.25) is 0 Å². The number of hydrogen-bond acceptors (Lipinski definition) is 5. The summed E-state index contributed by atoms with van der Waals surface area (Å²) in [7, 11) is 0. The van der Waals surface area contributed by atoms with Gasteiger partial charge in [-0.2, -0.15) is 0 Å². The quantitative estimate of drug-likeness (QED) is 0.798. The Kier molecular flexibility index (Phi) is 6.24. The lowest BCUT2D eigenvalue weighted by Crippen LogP contribution is -2.52. The van der Waals surface area contributed by atoms with Gasteiger partial charge in [0.1, 0.15) is 11.3 Å². The van der Waals surface area contributed by atoms with Crippen LogP contribution in [-0.4, -0.2) is 65.1 Å². The van der Waals surface area contributed by atoms with Gasteiger partial charge in [0.15, 0.2) is 0 Å². The van der Waals surface area contributed by atoms with E-state index in [1.54, 1.807) is 0 Å². The molecule has 7 heteroatoms. The number of amides is 2. The molecular weight excluding hydrogens is 358 g/mol. The number of urea groups is 1. The molecule has 1 aliphatic rings. The number of phenols is 1. The normalized spacial score (nSPS) is 15.2. The Balaban J connectivity index is 1.75. The molecule has 1 saturated heterocycles. The molecule has 1 aliphatic heterocycles. The predicted molar refractivity (Wildman–Crippen MR) is 109 cm³/mol. The number of carbonyl (C=O) groups is 1. The Hall–Kier alpha value is -2.54. The number of aromatic hydroxyl groups is 1. The van der Waals surface area contributed by atoms with E-state index in [2.05, 4.69) is 4.90 Å². The molecule has 1 aromatic carbocycles. The van der Waals surface area contributed by atoms with Gasteiger partial charge >= 0.3 is 11.7 Å². The third-order valence-electron chi connectivity index (χ3n) is 5.48. The van der Waals surface area contributed by atoms with Crippen molar-refractivity contribution < 1.29 is 14.3 Å². The molecule has 0 aliphatic carbocycles. The first-order chi connectivity index (χ1) is 13.5. The van der Waals surface area contributed by atoms with Gasteiger partial charge in [0.05, 0.1) is 0 Å². The van der Waals surface area contributed by atoms with Gasteiger partial charge in [0, 0.05) is 63.3 Å². The smallest absolute Gasteiger partial charge is 0.336 e. The van der Waals surface area contributed by atoms with Crippen molar-refractivity contribution in [1.29, 1.82) is 0 Å². The summed E-state index contributed by atoms with van der Waals surface area (Å²) in [6.07, 6.45) is 0.701. The zero-order valence-corrected chi connectivity index (χ0v) is 16.9. The van der Waals surface area contributed by atoms with E-state index in [4.69, 9.17) is 4.42 Å². The van der Waals surface area contributed by atoms with Crippen molar-refractivity contribution in [2.24, 2.45) is 0 Å². The summed E-state index contributed by atoms with van der Waals surface area (Å²) in [4.78, 5) is 30.5. The van der Waals surface area contributed by atoms with Gasteiger partial charge in [-0.25, -0.2) is 9.59 Å². The lowest BCUT2D eigenvalue weighted by molar-refractivity contribution is 0.112. The van der Waals surface area contributed by atoms with E-state index in [-0.39, 0.29) is 11.8 Å². The zero-order valence-electron chi connectivity index (χ0n) is 16.9. The second kappa shape index (κ2) is 8.65. The van der Waals surface area contributed by atoms with Gasteiger partial charge in [-0.3, -0.25) is 4.90 Å². The second-order valence-electron chi connectivity index (χ2n) is 7.14. The van der Waals surface area contributed by atoms with E-state index < -0.39 is 5.63 Å². The first-order valence-corrected chi connectivity index (χ1v) is 10.0. The molecule has 0 bridgehead atoms. The average Bonchev–Trinajstić information content (AvgIpc) is 2.68. The molecule has 1 fully saturated rings. The molecule has 2 aromatic rings. The number of aryl methyl sites for hydroxylation is 1. The minimum Gasteiger partial charge on any atom is -0.508 e. The molecule has 3 rings (SSSR count). The second-order valence-corrected chi connectivity index (χ2v) is 7.14. The van der Waals surface area contributed by atoms with Crippen LogP contribution in [-0.2, 0) is 13.0 Å². The number of fused-ring (bicyclic) bond motifs is 1. The molecule has 1 aromatic heterocycles. The number of piperazine rings is 1. The SMILES string of the molecule is CCc1cc2c(CN3CCN(C(=O)N(CC)CC)CC3)cc(=O)oc2cc1O. The lowest BCUT2D eigenvalue weighted by atomic mass is 10.0. The summed E-state index contributed by atoms with van der Waals surface area (Å²) in [5.74, 6) is 0.152. The third kappa shape index (κ3) is 4.14.